The molecule has 0 aliphatic heterocycles. The Hall–Kier alpha value is -1.29. The van der Waals surface area contributed by atoms with Crippen molar-refractivity contribution in [1.29, 1.82) is 0 Å². The molecule has 4 nitrogen and oxygen atoms in total. The monoisotopic (exact) mass is 195 g/mol. The molecule has 0 spiro atoms. The minimum atomic E-state index is -0.0782. The molecule has 1 heterocycles. The summed E-state index contributed by atoms with van der Waals surface area (Å²) in [6.45, 7) is 4.02. The van der Waals surface area contributed by atoms with E-state index in [9.17, 15) is 4.79 Å². The number of aromatic nitrogens is 1. The summed E-state index contributed by atoms with van der Waals surface area (Å²) in [6.07, 6.45) is 3.91. The van der Waals surface area contributed by atoms with E-state index in [1.54, 1.807) is 17.1 Å². The molecule has 0 fully saturated rings. The predicted molar refractivity (Wildman–Crippen MR) is 56.2 cm³/mol. The maximum absolute atomic E-state index is 11.4. The lowest BCUT2D eigenvalue weighted by molar-refractivity contribution is -0.117. The van der Waals surface area contributed by atoms with Crippen LogP contribution in [0.3, 0.4) is 0 Å². The van der Waals surface area contributed by atoms with Crippen molar-refractivity contribution < 1.29 is 4.79 Å². The van der Waals surface area contributed by atoms with Crippen LogP contribution in [0.5, 0.6) is 0 Å². The summed E-state index contributed by atoms with van der Waals surface area (Å²) in [6, 6.07) is 3.62. The smallest absolute Gasteiger partial charge is 0.240 e. The summed E-state index contributed by atoms with van der Waals surface area (Å²) in [5.41, 5.74) is 8.48. The van der Waals surface area contributed by atoms with E-state index >= 15 is 0 Å². The van der Waals surface area contributed by atoms with Gasteiger partial charge in [-0.3, -0.25) is 14.9 Å². The van der Waals surface area contributed by atoms with Crippen LogP contribution in [0.1, 0.15) is 20.3 Å². The van der Waals surface area contributed by atoms with Crippen molar-refractivity contribution in [2.75, 3.05) is 5.43 Å². The SMILES string of the molecule is CC(C)C(N)CC(=O)Nn1cccc1. The topological polar surface area (TPSA) is 60.1 Å². The number of hydrogen-bond acceptors (Lipinski definition) is 2. The average Bonchev–Trinajstić information content (AvgIpc) is 2.56. The molecule has 0 saturated heterocycles. The number of amides is 1. The Morgan fingerprint density at radius 3 is 2.50 bits per heavy atom. The first kappa shape index (κ1) is 10.8. The summed E-state index contributed by atoms with van der Waals surface area (Å²) >= 11 is 0. The zero-order valence-corrected chi connectivity index (χ0v) is 8.60. The molecule has 1 unspecified atom stereocenters. The van der Waals surface area contributed by atoms with Gasteiger partial charge in [-0.2, -0.15) is 0 Å². The van der Waals surface area contributed by atoms with Crippen LogP contribution < -0.4 is 11.2 Å². The van der Waals surface area contributed by atoms with Crippen LogP contribution in [0.25, 0.3) is 0 Å². The van der Waals surface area contributed by atoms with E-state index in [-0.39, 0.29) is 11.9 Å². The maximum atomic E-state index is 11.4. The summed E-state index contributed by atoms with van der Waals surface area (Å²) < 4.78 is 1.62. The zero-order valence-electron chi connectivity index (χ0n) is 8.60. The third-order valence-electron chi connectivity index (χ3n) is 2.14. The third-order valence-corrected chi connectivity index (χ3v) is 2.14. The average molecular weight is 195 g/mol. The van der Waals surface area contributed by atoms with Crippen LogP contribution >= 0.6 is 0 Å². The van der Waals surface area contributed by atoms with Gasteiger partial charge < -0.3 is 5.73 Å². The summed E-state index contributed by atoms with van der Waals surface area (Å²) in [5.74, 6) is 0.271. The number of hydrogen-bond donors (Lipinski definition) is 2. The van der Waals surface area contributed by atoms with Crippen LogP contribution in [-0.2, 0) is 4.79 Å². The fraction of sp³-hybridized carbons (Fsp3) is 0.500. The number of nitrogens with zero attached hydrogens (tertiary/aromatic N) is 1. The molecule has 3 N–H and O–H groups in total. The normalized spacial score (nSPS) is 12.9. The van der Waals surface area contributed by atoms with Crippen LogP contribution in [-0.4, -0.2) is 16.6 Å². The first-order valence-electron chi connectivity index (χ1n) is 4.78. The molecule has 0 radical (unpaired) electrons. The molecule has 1 aromatic rings. The number of nitrogens with one attached hydrogen (secondary N) is 1. The van der Waals surface area contributed by atoms with Crippen molar-refractivity contribution in [2.24, 2.45) is 11.7 Å². The maximum Gasteiger partial charge on any atom is 0.240 e. The highest BCUT2D eigenvalue weighted by Gasteiger charge is 2.12. The molecular formula is C10H17N3O. The van der Waals surface area contributed by atoms with Gasteiger partial charge in [0, 0.05) is 24.9 Å². The number of nitrogens with two attached hydrogens (primary N) is 1. The largest absolute Gasteiger partial charge is 0.327 e. The lowest BCUT2D eigenvalue weighted by atomic mass is 10.0. The van der Waals surface area contributed by atoms with Crippen molar-refractivity contribution in [3.05, 3.63) is 24.5 Å². The van der Waals surface area contributed by atoms with E-state index in [2.05, 4.69) is 5.43 Å². The lowest BCUT2D eigenvalue weighted by Gasteiger charge is -2.15. The molecule has 0 aromatic carbocycles. The van der Waals surface area contributed by atoms with Gasteiger partial charge in [0.05, 0.1) is 0 Å². The van der Waals surface area contributed by atoms with Gasteiger partial charge in [0.15, 0.2) is 0 Å². The Bertz CT molecular complexity index is 280. The van der Waals surface area contributed by atoms with E-state index in [0.29, 0.717) is 12.3 Å². The number of carbonyl (C=O) groups is 1. The Kier molecular flexibility index (Phi) is 3.71. The highest BCUT2D eigenvalue weighted by Crippen LogP contribution is 2.02. The Labute approximate surface area is 84.1 Å². The number of rotatable bonds is 4. The minimum Gasteiger partial charge on any atom is -0.327 e. The van der Waals surface area contributed by atoms with E-state index in [4.69, 9.17) is 5.73 Å². The molecule has 1 atom stereocenters. The van der Waals surface area contributed by atoms with Gasteiger partial charge in [0.2, 0.25) is 5.91 Å². The molecule has 0 aliphatic rings. The minimum absolute atomic E-state index is 0.0533. The van der Waals surface area contributed by atoms with Crippen molar-refractivity contribution in [2.45, 2.75) is 26.3 Å². The fourth-order valence-corrected chi connectivity index (χ4v) is 1.05. The van der Waals surface area contributed by atoms with E-state index in [1.807, 2.05) is 26.0 Å². The van der Waals surface area contributed by atoms with Gasteiger partial charge >= 0.3 is 0 Å². The molecule has 14 heavy (non-hydrogen) atoms. The molecule has 1 amide bonds. The molecule has 1 rings (SSSR count). The second-order valence-electron chi connectivity index (χ2n) is 3.74. The van der Waals surface area contributed by atoms with Crippen LogP contribution in [0, 0.1) is 5.92 Å². The Morgan fingerprint density at radius 1 is 1.43 bits per heavy atom. The quantitative estimate of drug-likeness (QED) is 0.751. The van der Waals surface area contributed by atoms with Gasteiger partial charge in [-0.25, -0.2) is 0 Å². The second-order valence-corrected chi connectivity index (χ2v) is 3.74. The van der Waals surface area contributed by atoms with Crippen LogP contribution in [0.15, 0.2) is 24.5 Å². The second kappa shape index (κ2) is 4.81. The first-order valence-corrected chi connectivity index (χ1v) is 4.78. The Balaban J connectivity index is 2.36. The van der Waals surface area contributed by atoms with Gasteiger partial charge in [-0.15, -0.1) is 0 Å². The van der Waals surface area contributed by atoms with Gasteiger partial charge in [-0.05, 0) is 18.1 Å². The Morgan fingerprint density at radius 2 is 2.00 bits per heavy atom. The third kappa shape index (κ3) is 3.22. The van der Waals surface area contributed by atoms with Gasteiger partial charge in [-0.1, -0.05) is 13.8 Å². The zero-order chi connectivity index (χ0) is 10.6. The summed E-state index contributed by atoms with van der Waals surface area (Å²) in [7, 11) is 0. The van der Waals surface area contributed by atoms with E-state index in [1.165, 1.54) is 0 Å². The van der Waals surface area contributed by atoms with Crippen molar-refractivity contribution >= 4 is 5.91 Å². The predicted octanol–water partition coefficient (Wildman–Crippen LogP) is 0.932. The molecule has 4 heteroatoms. The van der Waals surface area contributed by atoms with Crippen molar-refractivity contribution in [1.82, 2.24) is 4.68 Å². The summed E-state index contributed by atoms with van der Waals surface area (Å²) in [5, 5.41) is 0. The van der Waals surface area contributed by atoms with E-state index in [0.717, 1.165) is 0 Å². The molecule has 1 aromatic heterocycles. The standard InChI is InChI=1S/C10H17N3O/c1-8(2)9(11)7-10(14)12-13-5-3-4-6-13/h3-6,8-9H,7,11H2,1-2H3,(H,12,14). The molecule has 0 saturated carbocycles. The molecular weight excluding hydrogens is 178 g/mol. The highest BCUT2D eigenvalue weighted by atomic mass is 16.2. The first-order chi connectivity index (χ1) is 6.59. The van der Waals surface area contributed by atoms with E-state index < -0.39 is 0 Å². The van der Waals surface area contributed by atoms with Crippen molar-refractivity contribution in [3.8, 4) is 0 Å². The number of carbonyl (C=O) groups excluding carboxylic acids is 1. The van der Waals surface area contributed by atoms with Crippen LogP contribution in [0.2, 0.25) is 0 Å². The van der Waals surface area contributed by atoms with Crippen molar-refractivity contribution in [3.63, 3.8) is 0 Å². The van der Waals surface area contributed by atoms with Crippen LogP contribution in [0.4, 0.5) is 0 Å². The molecule has 0 bridgehead atoms. The van der Waals surface area contributed by atoms with Gasteiger partial charge in [0.25, 0.3) is 0 Å². The lowest BCUT2D eigenvalue weighted by Crippen LogP contribution is -2.33. The summed E-state index contributed by atoms with van der Waals surface area (Å²) in [4.78, 5) is 11.4. The highest BCUT2D eigenvalue weighted by molar-refractivity contribution is 5.84. The molecule has 78 valence electrons. The van der Waals surface area contributed by atoms with Gasteiger partial charge in [0.1, 0.15) is 0 Å². The molecule has 0 aliphatic carbocycles. The fourth-order valence-electron chi connectivity index (χ4n) is 1.05.